The minimum atomic E-state index is -3.19. The first-order chi connectivity index (χ1) is 18.4. The molecule has 0 unspecified atom stereocenters. The molecule has 0 amide bonds. The Labute approximate surface area is 227 Å². The molecule has 3 rings (SSSR count). The molecule has 2 aromatic rings. The highest BCUT2D eigenvalue weighted by Gasteiger charge is 2.30. The zero-order valence-corrected chi connectivity index (χ0v) is 23.2. The number of pyridine rings is 1. The number of nitrogens with zero attached hydrogens (tertiary/aromatic N) is 1. The van der Waals surface area contributed by atoms with E-state index in [0.29, 0.717) is 17.1 Å². The number of unbranched alkanes of at least 4 members (excludes halogenated alkanes) is 4. The van der Waals surface area contributed by atoms with Crippen molar-refractivity contribution in [2.75, 3.05) is 26.3 Å². The molecule has 0 spiro atoms. The van der Waals surface area contributed by atoms with Gasteiger partial charge in [-0.25, -0.2) is 13.4 Å². The van der Waals surface area contributed by atoms with Gasteiger partial charge in [-0.1, -0.05) is 37.8 Å². The maximum absolute atomic E-state index is 12.8. The van der Waals surface area contributed by atoms with Crippen LogP contribution >= 0.6 is 0 Å². The summed E-state index contributed by atoms with van der Waals surface area (Å²) in [7, 11) is -3.19. The monoisotopic (exact) mass is 548 g/mol. The quantitative estimate of drug-likeness (QED) is 0.204. The second kappa shape index (κ2) is 16.2. The fraction of sp³-hybridized carbons (Fsp3) is 0.621. The average Bonchev–Trinajstić information content (AvgIpc) is 3.48. The molecule has 0 radical (unpaired) electrons. The summed E-state index contributed by atoms with van der Waals surface area (Å²) in [4.78, 5) is 4.56. The van der Waals surface area contributed by atoms with Crippen LogP contribution in [0.3, 0.4) is 0 Å². The van der Waals surface area contributed by atoms with E-state index in [1.807, 2.05) is 18.2 Å². The molecular formula is C29H44N2O6S. The van der Waals surface area contributed by atoms with Crippen LogP contribution in [0.2, 0.25) is 0 Å². The molecule has 1 fully saturated rings. The van der Waals surface area contributed by atoms with Crippen LogP contribution in [0, 0.1) is 0 Å². The third-order valence-electron chi connectivity index (χ3n) is 7.16. The van der Waals surface area contributed by atoms with E-state index in [1.165, 1.54) is 6.07 Å². The first kappa shape index (κ1) is 30.5. The molecule has 8 nitrogen and oxygen atoms in total. The van der Waals surface area contributed by atoms with E-state index in [4.69, 9.17) is 4.74 Å². The van der Waals surface area contributed by atoms with E-state index in [2.05, 4.69) is 10.3 Å². The number of aliphatic hydroxyl groups excluding tert-OH is 2. The number of hydrogen-bond donors (Lipinski definition) is 4. The first-order valence-corrected chi connectivity index (χ1v) is 15.6. The summed E-state index contributed by atoms with van der Waals surface area (Å²) in [6.45, 7) is 2.27. The number of benzene rings is 1. The molecule has 0 bridgehead atoms. The Balaban J connectivity index is 1.17. The Morgan fingerprint density at radius 2 is 1.74 bits per heavy atom. The zero-order valence-electron chi connectivity index (χ0n) is 22.4. The van der Waals surface area contributed by atoms with Crippen molar-refractivity contribution in [1.82, 2.24) is 10.3 Å². The summed E-state index contributed by atoms with van der Waals surface area (Å²) in [5.41, 5.74) is 1.68. The molecule has 1 saturated carbocycles. The van der Waals surface area contributed by atoms with Crippen molar-refractivity contribution in [1.29, 1.82) is 0 Å². The fourth-order valence-electron chi connectivity index (χ4n) is 4.87. The van der Waals surface area contributed by atoms with Crippen molar-refractivity contribution in [3.05, 3.63) is 53.3 Å². The van der Waals surface area contributed by atoms with Crippen LogP contribution in [0.1, 0.15) is 87.3 Å². The van der Waals surface area contributed by atoms with Gasteiger partial charge in [-0.15, -0.1) is 0 Å². The molecule has 1 aromatic carbocycles. The van der Waals surface area contributed by atoms with Gasteiger partial charge in [0.15, 0.2) is 9.84 Å². The van der Waals surface area contributed by atoms with Gasteiger partial charge in [0.25, 0.3) is 0 Å². The summed E-state index contributed by atoms with van der Waals surface area (Å²) in [6.07, 6.45) is 9.82. The molecule has 1 aliphatic carbocycles. The molecule has 1 aliphatic rings. The van der Waals surface area contributed by atoms with E-state index in [0.717, 1.165) is 96.0 Å². The molecule has 0 aliphatic heterocycles. The van der Waals surface area contributed by atoms with Gasteiger partial charge in [0, 0.05) is 19.8 Å². The zero-order chi connectivity index (χ0) is 27.2. The van der Waals surface area contributed by atoms with Gasteiger partial charge in [-0.3, -0.25) is 0 Å². The smallest absolute Gasteiger partial charge is 0.181 e. The molecule has 1 heterocycles. The third-order valence-corrected chi connectivity index (χ3v) is 9.42. The van der Waals surface area contributed by atoms with Gasteiger partial charge in [0.05, 0.1) is 22.4 Å². The van der Waals surface area contributed by atoms with Crippen molar-refractivity contribution in [3.8, 4) is 5.75 Å². The maximum Gasteiger partial charge on any atom is 0.181 e. The lowest BCUT2D eigenvalue weighted by Gasteiger charge is -2.13. The number of sulfone groups is 1. The van der Waals surface area contributed by atoms with Crippen LogP contribution in [-0.4, -0.2) is 60.3 Å². The highest BCUT2D eigenvalue weighted by atomic mass is 32.2. The van der Waals surface area contributed by atoms with Crippen LogP contribution in [0.5, 0.6) is 5.75 Å². The molecule has 4 N–H and O–H groups in total. The van der Waals surface area contributed by atoms with Crippen LogP contribution in [0.25, 0.3) is 0 Å². The van der Waals surface area contributed by atoms with E-state index in [-0.39, 0.29) is 23.3 Å². The second-order valence-electron chi connectivity index (χ2n) is 10.2. The van der Waals surface area contributed by atoms with Crippen molar-refractivity contribution >= 4 is 9.84 Å². The van der Waals surface area contributed by atoms with Crippen LogP contribution < -0.4 is 5.32 Å². The van der Waals surface area contributed by atoms with Gasteiger partial charge in [0.2, 0.25) is 0 Å². The minimum Gasteiger partial charge on any atom is -0.506 e. The fourth-order valence-corrected chi connectivity index (χ4v) is 6.79. The molecule has 1 aromatic heterocycles. The molecule has 212 valence electrons. The number of aryl methyl sites for hydroxylation is 1. The number of hydrogen-bond acceptors (Lipinski definition) is 8. The lowest BCUT2D eigenvalue weighted by molar-refractivity contribution is 0.126. The maximum atomic E-state index is 12.8. The van der Waals surface area contributed by atoms with Gasteiger partial charge in [-0.2, -0.15) is 0 Å². The van der Waals surface area contributed by atoms with Crippen molar-refractivity contribution in [2.45, 2.75) is 93.5 Å². The standard InChI is InChI=1S/C29H44N2O6S/c32-22-27-28(33)16-15-26(31-27)29(34)21-30-17-6-1-2-7-18-37-19-8-5-10-23-11-9-14-25(20-23)38(35,36)24-12-3-4-13-24/h9,11,14-16,20,24,29-30,32-34H,1-8,10,12-13,17-19,21-22H2/t29-/m0/s1. The Morgan fingerprint density at radius 3 is 2.50 bits per heavy atom. The van der Waals surface area contributed by atoms with Crippen molar-refractivity contribution in [3.63, 3.8) is 0 Å². The van der Waals surface area contributed by atoms with Crippen LogP contribution in [0.4, 0.5) is 0 Å². The lowest BCUT2D eigenvalue weighted by Crippen LogP contribution is -2.23. The van der Waals surface area contributed by atoms with Crippen LogP contribution in [0.15, 0.2) is 41.3 Å². The highest BCUT2D eigenvalue weighted by molar-refractivity contribution is 7.92. The molecule has 9 heteroatoms. The van der Waals surface area contributed by atoms with Gasteiger partial charge < -0.3 is 25.4 Å². The molecular weight excluding hydrogens is 504 g/mol. The van der Waals surface area contributed by atoms with Gasteiger partial charge in [-0.05, 0) is 81.3 Å². The van der Waals surface area contributed by atoms with Gasteiger partial charge >= 0.3 is 0 Å². The molecule has 0 saturated heterocycles. The number of aliphatic hydroxyl groups is 2. The summed E-state index contributed by atoms with van der Waals surface area (Å²) in [5, 5.41) is 32.0. The topological polar surface area (TPSA) is 129 Å². The van der Waals surface area contributed by atoms with Crippen LogP contribution in [-0.2, 0) is 27.6 Å². The predicted octanol–water partition coefficient (Wildman–Crippen LogP) is 4.22. The SMILES string of the molecule is O=S(=O)(c1cccc(CCCCOCCCCCCNC[C@H](O)c2ccc(O)c(CO)n2)c1)C1CCCC1. The Kier molecular flexibility index (Phi) is 13.0. The van der Waals surface area contributed by atoms with Gasteiger partial charge in [0.1, 0.15) is 17.5 Å². The average molecular weight is 549 g/mol. The largest absolute Gasteiger partial charge is 0.506 e. The van der Waals surface area contributed by atoms with Crippen molar-refractivity contribution in [2.24, 2.45) is 0 Å². The lowest BCUT2D eigenvalue weighted by atomic mass is 10.1. The number of aromatic hydroxyl groups is 1. The van der Waals surface area contributed by atoms with E-state index in [9.17, 15) is 23.7 Å². The predicted molar refractivity (Wildman–Crippen MR) is 148 cm³/mol. The summed E-state index contributed by atoms with van der Waals surface area (Å²) in [6, 6.07) is 10.5. The number of ether oxygens (including phenoxy) is 1. The summed E-state index contributed by atoms with van der Waals surface area (Å²) < 4.78 is 31.4. The Morgan fingerprint density at radius 1 is 1.00 bits per heavy atom. The number of nitrogens with one attached hydrogen (secondary N) is 1. The van der Waals surface area contributed by atoms with Crippen molar-refractivity contribution < 1.29 is 28.5 Å². The van der Waals surface area contributed by atoms with E-state index >= 15 is 0 Å². The first-order valence-electron chi connectivity index (χ1n) is 14.0. The Hall–Kier alpha value is -2.04. The Bertz CT molecular complexity index is 1070. The third kappa shape index (κ3) is 9.61. The molecule has 1 atom stereocenters. The normalized spacial score (nSPS) is 15.2. The summed E-state index contributed by atoms with van der Waals surface area (Å²) >= 11 is 0. The number of rotatable bonds is 18. The van der Waals surface area contributed by atoms with E-state index in [1.54, 1.807) is 12.1 Å². The summed E-state index contributed by atoms with van der Waals surface area (Å²) in [5.74, 6) is -0.0739. The number of aromatic nitrogens is 1. The highest BCUT2D eigenvalue weighted by Crippen LogP contribution is 2.30. The minimum absolute atomic E-state index is 0.0739. The second-order valence-corrected chi connectivity index (χ2v) is 12.4. The molecule has 38 heavy (non-hydrogen) atoms. The van der Waals surface area contributed by atoms with E-state index < -0.39 is 15.9 Å².